The van der Waals surface area contributed by atoms with Crippen LogP contribution in [0.1, 0.15) is 30.0 Å². The fourth-order valence-electron chi connectivity index (χ4n) is 1.61. The van der Waals surface area contributed by atoms with Gasteiger partial charge in [-0.05, 0) is 31.0 Å². The van der Waals surface area contributed by atoms with Gasteiger partial charge in [-0.15, -0.1) is 10.2 Å². The SMILES string of the molecule is Cc1ccc(-c2nnc(CNC(C)C)s2)cc1C. The molecule has 0 radical (unpaired) electrons. The number of nitrogens with one attached hydrogen (secondary N) is 1. The first-order valence-corrected chi connectivity index (χ1v) is 7.01. The lowest BCUT2D eigenvalue weighted by Crippen LogP contribution is -2.21. The number of aromatic nitrogens is 2. The molecule has 0 spiro atoms. The van der Waals surface area contributed by atoms with E-state index in [9.17, 15) is 0 Å². The number of nitrogens with zero attached hydrogens (tertiary/aromatic N) is 2. The normalized spacial score (nSPS) is 11.2. The monoisotopic (exact) mass is 261 g/mol. The molecule has 1 N–H and O–H groups in total. The molecule has 0 fully saturated rings. The zero-order chi connectivity index (χ0) is 13.1. The van der Waals surface area contributed by atoms with Gasteiger partial charge in [-0.2, -0.15) is 0 Å². The Kier molecular flexibility index (Phi) is 4.09. The summed E-state index contributed by atoms with van der Waals surface area (Å²) in [5.41, 5.74) is 3.76. The molecule has 1 aromatic carbocycles. The third-order valence-corrected chi connectivity index (χ3v) is 3.85. The Bertz CT molecular complexity index is 532. The zero-order valence-corrected chi connectivity index (χ0v) is 12.1. The molecule has 0 saturated heterocycles. The minimum atomic E-state index is 0.471. The molecule has 0 amide bonds. The molecular weight excluding hydrogens is 242 g/mol. The van der Waals surface area contributed by atoms with Crippen molar-refractivity contribution < 1.29 is 0 Å². The van der Waals surface area contributed by atoms with Crippen molar-refractivity contribution in [1.82, 2.24) is 15.5 Å². The largest absolute Gasteiger partial charge is 0.308 e. The molecule has 96 valence electrons. The van der Waals surface area contributed by atoms with Gasteiger partial charge in [-0.25, -0.2) is 0 Å². The smallest absolute Gasteiger partial charge is 0.147 e. The van der Waals surface area contributed by atoms with E-state index in [4.69, 9.17) is 0 Å². The molecule has 0 unspecified atom stereocenters. The van der Waals surface area contributed by atoms with E-state index in [1.165, 1.54) is 11.1 Å². The quantitative estimate of drug-likeness (QED) is 0.917. The molecule has 0 aliphatic heterocycles. The lowest BCUT2D eigenvalue weighted by Gasteiger charge is -2.04. The van der Waals surface area contributed by atoms with Gasteiger partial charge in [-0.3, -0.25) is 0 Å². The second kappa shape index (κ2) is 5.59. The highest BCUT2D eigenvalue weighted by Crippen LogP contribution is 2.25. The predicted molar refractivity (Wildman–Crippen MR) is 76.8 cm³/mol. The Morgan fingerprint density at radius 2 is 1.94 bits per heavy atom. The van der Waals surface area contributed by atoms with Gasteiger partial charge in [0.25, 0.3) is 0 Å². The van der Waals surface area contributed by atoms with Crippen LogP contribution in [0.4, 0.5) is 0 Å². The van der Waals surface area contributed by atoms with Crippen molar-refractivity contribution in [3.63, 3.8) is 0 Å². The van der Waals surface area contributed by atoms with E-state index in [1.807, 2.05) is 0 Å². The van der Waals surface area contributed by atoms with Crippen LogP contribution in [0.25, 0.3) is 10.6 Å². The highest BCUT2D eigenvalue weighted by molar-refractivity contribution is 7.14. The lowest BCUT2D eigenvalue weighted by molar-refractivity contribution is 0.585. The van der Waals surface area contributed by atoms with Gasteiger partial charge in [0, 0.05) is 18.2 Å². The number of aryl methyl sites for hydroxylation is 2. The van der Waals surface area contributed by atoms with Crippen LogP contribution in [0.3, 0.4) is 0 Å². The zero-order valence-electron chi connectivity index (χ0n) is 11.3. The van der Waals surface area contributed by atoms with E-state index >= 15 is 0 Å². The average Bonchev–Trinajstić information content (AvgIpc) is 2.79. The lowest BCUT2D eigenvalue weighted by atomic mass is 10.1. The predicted octanol–water partition coefficient (Wildman–Crippen LogP) is 3.32. The topological polar surface area (TPSA) is 37.8 Å². The van der Waals surface area contributed by atoms with Crippen LogP contribution < -0.4 is 5.32 Å². The van der Waals surface area contributed by atoms with E-state index in [-0.39, 0.29) is 0 Å². The van der Waals surface area contributed by atoms with Gasteiger partial charge < -0.3 is 5.32 Å². The van der Waals surface area contributed by atoms with Crippen molar-refractivity contribution in [2.24, 2.45) is 0 Å². The Hall–Kier alpha value is -1.26. The Morgan fingerprint density at radius 3 is 2.61 bits per heavy atom. The second-order valence-corrected chi connectivity index (χ2v) is 5.90. The molecule has 3 nitrogen and oxygen atoms in total. The van der Waals surface area contributed by atoms with Crippen molar-refractivity contribution in [2.75, 3.05) is 0 Å². The molecule has 1 aromatic heterocycles. The summed E-state index contributed by atoms with van der Waals surface area (Å²) in [7, 11) is 0. The van der Waals surface area contributed by atoms with Crippen molar-refractivity contribution in [3.8, 4) is 10.6 Å². The highest BCUT2D eigenvalue weighted by Gasteiger charge is 2.07. The Balaban J connectivity index is 2.16. The maximum absolute atomic E-state index is 4.26. The maximum Gasteiger partial charge on any atom is 0.147 e. The van der Waals surface area contributed by atoms with E-state index in [1.54, 1.807) is 11.3 Å². The standard InChI is InChI=1S/C14H19N3S/c1-9(2)15-8-13-16-17-14(18-13)12-6-5-10(3)11(4)7-12/h5-7,9,15H,8H2,1-4H3. The third-order valence-electron chi connectivity index (χ3n) is 2.88. The number of benzene rings is 1. The summed E-state index contributed by atoms with van der Waals surface area (Å²) in [4.78, 5) is 0. The van der Waals surface area contributed by atoms with Gasteiger partial charge in [0.2, 0.25) is 0 Å². The maximum atomic E-state index is 4.26. The van der Waals surface area contributed by atoms with E-state index < -0.39 is 0 Å². The molecule has 0 bridgehead atoms. The van der Waals surface area contributed by atoms with E-state index in [0.29, 0.717) is 6.04 Å². The minimum absolute atomic E-state index is 0.471. The number of hydrogen-bond acceptors (Lipinski definition) is 4. The summed E-state index contributed by atoms with van der Waals surface area (Å²) >= 11 is 1.66. The molecule has 0 aliphatic rings. The third kappa shape index (κ3) is 3.15. The van der Waals surface area contributed by atoms with Crippen molar-refractivity contribution in [1.29, 1.82) is 0 Å². The van der Waals surface area contributed by atoms with Gasteiger partial charge in [-0.1, -0.05) is 37.3 Å². The summed E-state index contributed by atoms with van der Waals surface area (Å²) in [5, 5.41) is 13.9. The fraction of sp³-hybridized carbons (Fsp3) is 0.429. The van der Waals surface area contributed by atoms with Crippen LogP contribution in [-0.2, 0) is 6.54 Å². The second-order valence-electron chi connectivity index (χ2n) is 4.84. The molecular formula is C14H19N3S. The van der Waals surface area contributed by atoms with Gasteiger partial charge >= 0.3 is 0 Å². The first-order valence-electron chi connectivity index (χ1n) is 6.19. The van der Waals surface area contributed by atoms with Crippen LogP contribution in [0.5, 0.6) is 0 Å². The number of hydrogen-bond donors (Lipinski definition) is 1. The van der Waals surface area contributed by atoms with Crippen molar-refractivity contribution in [2.45, 2.75) is 40.3 Å². The molecule has 18 heavy (non-hydrogen) atoms. The minimum Gasteiger partial charge on any atom is -0.308 e. The molecule has 2 rings (SSSR count). The van der Waals surface area contributed by atoms with Crippen LogP contribution >= 0.6 is 11.3 Å². The van der Waals surface area contributed by atoms with E-state index in [2.05, 4.69) is 61.4 Å². The molecule has 0 saturated carbocycles. The molecule has 0 aliphatic carbocycles. The van der Waals surface area contributed by atoms with Gasteiger partial charge in [0.15, 0.2) is 0 Å². The molecule has 4 heteroatoms. The molecule has 0 atom stereocenters. The summed E-state index contributed by atoms with van der Waals surface area (Å²) in [6, 6.07) is 6.90. The van der Waals surface area contributed by atoms with Gasteiger partial charge in [0.05, 0.1) is 0 Å². The summed E-state index contributed by atoms with van der Waals surface area (Å²) < 4.78 is 0. The van der Waals surface area contributed by atoms with Gasteiger partial charge in [0.1, 0.15) is 10.0 Å². The molecule has 2 aromatic rings. The highest BCUT2D eigenvalue weighted by atomic mass is 32.1. The van der Waals surface area contributed by atoms with Crippen molar-refractivity contribution in [3.05, 3.63) is 34.3 Å². The van der Waals surface area contributed by atoms with E-state index in [0.717, 1.165) is 22.1 Å². The van der Waals surface area contributed by atoms with Crippen LogP contribution in [0, 0.1) is 13.8 Å². The summed E-state index contributed by atoms with van der Waals surface area (Å²) in [5.74, 6) is 0. The Morgan fingerprint density at radius 1 is 1.17 bits per heavy atom. The Labute approximate surface area is 112 Å². The van der Waals surface area contributed by atoms with Crippen molar-refractivity contribution >= 4 is 11.3 Å². The van der Waals surface area contributed by atoms with Crippen LogP contribution in [0.15, 0.2) is 18.2 Å². The average molecular weight is 261 g/mol. The first kappa shape index (κ1) is 13.2. The molecule has 1 heterocycles. The number of rotatable bonds is 4. The van der Waals surface area contributed by atoms with Crippen LogP contribution in [-0.4, -0.2) is 16.2 Å². The summed E-state index contributed by atoms with van der Waals surface area (Å²) in [6.45, 7) is 9.30. The summed E-state index contributed by atoms with van der Waals surface area (Å²) in [6.07, 6.45) is 0. The van der Waals surface area contributed by atoms with Crippen LogP contribution in [0.2, 0.25) is 0 Å². The first-order chi connectivity index (χ1) is 8.56. The fourth-order valence-corrected chi connectivity index (χ4v) is 2.39.